The number of fused-ring (bicyclic) bond motifs is 1. The van der Waals surface area contributed by atoms with E-state index in [2.05, 4.69) is 10.4 Å². The molecular weight excluding hydrogens is 278 g/mol. The van der Waals surface area contributed by atoms with Crippen LogP contribution in [0, 0.1) is 0 Å². The molecule has 0 saturated carbocycles. The molecule has 0 bridgehead atoms. The topological polar surface area (TPSA) is 66.6 Å². The van der Waals surface area contributed by atoms with Gasteiger partial charge in [0.2, 0.25) is 0 Å². The molecule has 1 amide bonds. The van der Waals surface area contributed by atoms with Gasteiger partial charge < -0.3 is 10.4 Å². The number of aliphatic hydroxyl groups is 1. The molecule has 0 atom stereocenters. The van der Waals surface area contributed by atoms with Crippen molar-refractivity contribution < 1.29 is 9.90 Å². The number of hydrogen-bond acceptors (Lipinski definition) is 3. The van der Waals surface area contributed by atoms with E-state index in [1.807, 2.05) is 54.7 Å². The number of carbonyl (C=O) groups is 1. The summed E-state index contributed by atoms with van der Waals surface area (Å²) >= 11 is 0. The van der Waals surface area contributed by atoms with Crippen LogP contribution < -0.4 is 5.32 Å². The first-order chi connectivity index (χ1) is 10.8. The molecule has 0 saturated heterocycles. The molecule has 112 valence electrons. The van der Waals surface area contributed by atoms with Crippen LogP contribution in [0.3, 0.4) is 0 Å². The van der Waals surface area contributed by atoms with Crippen LogP contribution in [0.25, 0.3) is 16.8 Å². The lowest BCUT2D eigenvalue weighted by molar-refractivity contribution is 0.0953. The summed E-state index contributed by atoms with van der Waals surface area (Å²) in [6.45, 7) is 0.494. The highest BCUT2D eigenvalue weighted by atomic mass is 16.3. The third-order valence-corrected chi connectivity index (χ3v) is 3.43. The molecule has 0 aliphatic heterocycles. The average Bonchev–Trinajstić information content (AvgIpc) is 2.95. The lowest BCUT2D eigenvalue weighted by Crippen LogP contribution is -2.25. The summed E-state index contributed by atoms with van der Waals surface area (Å²) in [5.41, 5.74) is 2.89. The predicted molar refractivity (Wildman–Crippen MR) is 84.7 cm³/mol. The molecule has 2 N–H and O–H groups in total. The normalized spacial score (nSPS) is 10.8. The van der Waals surface area contributed by atoms with E-state index in [4.69, 9.17) is 5.11 Å². The fraction of sp³-hybridized carbons (Fsp3) is 0.176. The summed E-state index contributed by atoms with van der Waals surface area (Å²) in [5.74, 6) is -0.173. The molecule has 5 nitrogen and oxygen atoms in total. The fourth-order valence-electron chi connectivity index (χ4n) is 2.39. The summed E-state index contributed by atoms with van der Waals surface area (Å²) < 4.78 is 1.71. The van der Waals surface area contributed by atoms with E-state index in [9.17, 15) is 4.79 Å². The molecule has 0 aliphatic rings. The number of rotatable bonds is 5. The first kappa shape index (κ1) is 14.3. The summed E-state index contributed by atoms with van der Waals surface area (Å²) in [6.07, 6.45) is 2.36. The number of nitrogens with one attached hydrogen (secondary N) is 1. The quantitative estimate of drug-likeness (QED) is 0.709. The van der Waals surface area contributed by atoms with Crippen LogP contribution in [-0.4, -0.2) is 33.8 Å². The van der Waals surface area contributed by atoms with Gasteiger partial charge in [-0.1, -0.05) is 36.4 Å². The zero-order valence-electron chi connectivity index (χ0n) is 12.1. The SMILES string of the molecule is O=C(NCCCO)c1c(-c2ccccc2)nn2ccccc12. The lowest BCUT2D eigenvalue weighted by Gasteiger charge is -2.05. The molecule has 3 aromatic rings. The van der Waals surface area contributed by atoms with Gasteiger partial charge in [-0.15, -0.1) is 0 Å². The summed E-state index contributed by atoms with van der Waals surface area (Å²) in [6, 6.07) is 15.3. The highest BCUT2D eigenvalue weighted by Gasteiger charge is 2.20. The lowest BCUT2D eigenvalue weighted by atomic mass is 10.1. The highest BCUT2D eigenvalue weighted by Crippen LogP contribution is 2.25. The molecule has 0 aliphatic carbocycles. The first-order valence-corrected chi connectivity index (χ1v) is 7.23. The number of aliphatic hydroxyl groups excluding tert-OH is 1. The van der Waals surface area contributed by atoms with Crippen LogP contribution >= 0.6 is 0 Å². The highest BCUT2D eigenvalue weighted by molar-refractivity contribution is 6.06. The van der Waals surface area contributed by atoms with Crippen molar-refractivity contribution in [1.29, 1.82) is 0 Å². The molecule has 0 radical (unpaired) electrons. The van der Waals surface area contributed by atoms with Crippen molar-refractivity contribution in [3.05, 3.63) is 60.3 Å². The summed E-state index contributed by atoms with van der Waals surface area (Å²) in [5, 5.41) is 16.2. The second kappa shape index (κ2) is 6.41. The molecule has 0 spiro atoms. The van der Waals surface area contributed by atoms with Crippen LogP contribution in [0.15, 0.2) is 54.7 Å². The van der Waals surface area contributed by atoms with Gasteiger partial charge in [0.15, 0.2) is 0 Å². The third kappa shape index (κ3) is 2.71. The Morgan fingerprint density at radius 3 is 2.68 bits per heavy atom. The molecule has 2 aromatic heterocycles. The Kier molecular flexibility index (Phi) is 4.16. The average molecular weight is 295 g/mol. The third-order valence-electron chi connectivity index (χ3n) is 3.43. The Hall–Kier alpha value is -2.66. The van der Waals surface area contributed by atoms with Gasteiger partial charge in [0, 0.05) is 24.9 Å². The van der Waals surface area contributed by atoms with E-state index >= 15 is 0 Å². The number of amides is 1. The monoisotopic (exact) mass is 295 g/mol. The van der Waals surface area contributed by atoms with Crippen LogP contribution in [0.4, 0.5) is 0 Å². The van der Waals surface area contributed by atoms with Gasteiger partial charge in [0.05, 0.1) is 11.1 Å². The van der Waals surface area contributed by atoms with Gasteiger partial charge in [-0.25, -0.2) is 4.52 Å². The van der Waals surface area contributed by atoms with Crippen molar-refractivity contribution in [3.63, 3.8) is 0 Å². The van der Waals surface area contributed by atoms with Crippen LogP contribution in [-0.2, 0) is 0 Å². The van der Waals surface area contributed by atoms with Gasteiger partial charge in [-0.05, 0) is 18.6 Å². The number of benzene rings is 1. The van der Waals surface area contributed by atoms with E-state index in [-0.39, 0.29) is 12.5 Å². The van der Waals surface area contributed by atoms with Gasteiger partial charge >= 0.3 is 0 Å². The predicted octanol–water partition coefficient (Wildman–Crippen LogP) is 2.11. The summed E-state index contributed by atoms with van der Waals surface area (Å²) in [4.78, 5) is 12.5. The molecule has 0 unspecified atom stereocenters. The smallest absolute Gasteiger partial charge is 0.255 e. The Morgan fingerprint density at radius 2 is 1.91 bits per heavy atom. The molecule has 5 heteroatoms. The number of nitrogens with zero attached hydrogens (tertiary/aromatic N) is 2. The minimum absolute atomic E-state index is 0.0561. The second-order valence-electron chi connectivity index (χ2n) is 4.95. The Bertz CT molecular complexity index is 781. The van der Waals surface area contributed by atoms with E-state index in [1.54, 1.807) is 4.52 Å². The van der Waals surface area contributed by atoms with Crippen molar-refractivity contribution in [2.75, 3.05) is 13.2 Å². The Morgan fingerprint density at radius 1 is 1.14 bits per heavy atom. The molecule has 22 heavy (non-hydrogen) atoms. The maximum absolute atomic E-state index is 12.5. The molecular formula is C17H17N3O2. The maximum Gasteiger partial charge on any atom is 0.255 e. The Labute approximate surface area is 128 Å². The number of pyridine rings is 1. The minimum atomic E-state index is -0.173. The van der Waals surface area contributed by atoms with Crippen molar-refractivity contribution in [3.8, 4) is 11.3 Å². The molecule has 0 fully saturated rings. The fourth-order valence-corrected chi connectivity index (χ4v) is 2.39. The van der Waals surface area contributed by atoms with E-state index in [0.29, 0.717) is 24.2 Å². The zero-order valence-corrected chi connectivity index (χ0v) is 12.1. The van der Waals surface area contributed by atoms with Gasteiger partial charge in [0.1, 0.15) is 5.69 Å². The van der Waals surface area contributed by atoms with Gasteiger partial charge in [-0.3, -0.25) is 4.79 Å². The molecule has 3 rings (SSSR count). The zero-order chi connectivity index (χ0) is 15.4. The van der Waals surface area contributed by atoms with E-state index in [0.717, 1.165) is 11.1 Å². The number of hydrogen-bond donors (Lipinski definition) is 2. The largest absolute Gasteiger partial charge is 0.396 e. The Balaban J connectivity index is 2.07. The van der Waals surface area contributed by atoms with Crippen molar-refractivity contribution in [1.82, 2.24) is 14.9 Å². The minimum Gasteiger partial charge on any atom is -0.396 e. The number of aromatic nitrogens is 2. The number of carbonyl (C=O) groups excluding carboxylic acids is 1. The van der Waals surface area contributed by atoms with Crippen LogP contribution in [0.5, 0.6) is 0 Å². The van der Waals surface area contributed by atoms with Crippen LogP contribution in [0.2, 0.25) is 0 Å². The van der Waals surface area contributed by atoms with E-state index in [1.165, 1.54) is 0 Å². The molecule has 2 heterocycles. The van der Waals surface area contributed by atoms with Crippen molar-refractivity contribution >= 4 is 11.4 Å². The second-order valence-corrected chi connectivity index (χ2v) is 4.95. The molecule has 1 aromatic carbocycles. The van der Waals surface area contributed by atoms with Crippen molar-refractivity contribution in [2.24, 2.45) is 0 Å². The first-order valence-electron chi connectivity index (χ1n) is 7.23. The standard InChI is InChI=1S/C17H17N3O2/c21-12-6-10-18-17(22)15-14-9-4-5-11-20(14)19-16(15)13-7-2-1-3-8-13/h1-5,7-9,11,21H,6,10,12H2,(H,18,22). The summed E-state index contributed by atoms with van der Waals surface area (Å²) in [7, 11) is 0. The van der Waals surface area contributed by atoms with Gasteiger partial charge in [0.25, 0.3) is 5.91 Å². The maximum atomic E-state index is 12.5. The van der Waals surface area contributed by atoms with E-state index < -0.39 is 0 Å². The van der Waals surface area contributed by atoms with Gasteiger partial charge in [-0.2, -0.15) is 5.10 Å². The van der Waals surface area contributed by atoms with Crippen LogP contribution in [0.1, 0.15) is 16.8 Å². The van der Waals surface area contributed by atoms with Crippen molar-refractivity contribution in [2.45, 2.75) is 6.42 Å².